The lowest BCUT2D eigenvalue weighted by atomic mass is 9.97. The van der Waals surface area contributed by atoms with Crippen molar-refractivity contribution < 1.29 is 9.53 Å². The van der Waals surface area contributed by atoms with Gasteiger partial charge in [0, 0.05) is 24.4 Å². The quantitative estimate of drug-likeness (QED) is 0.707. The van der Waals surface area contributed by atoms with Crippen molar-refractivity contribution in [2.45, 2.75) is 25.4 Å². The number of carbonyl (C=O) groups excluding carboxylic acids is 1. The molecule has 1 heterocycles. The van der Waals surface area contributed by atoms with Crippen molar-refractivity contribution in [3.63, 3.8) is 0 Å². The summed E-state index contributed by atoms with van der Waals surface area (Å²) in [5.74, 6) is 0.717. The van der Waals surface area contributed by atoms with Crippen LogP contribution in [0, 0.1) is 0 Å². The van der Waals surface area contributed by atoms with Crippen molar-refractivity contribution in [1.29, 1.82) is 0 Å². The Balaban J connectivity index is 1.83. The van der Waals surface area contributed by atoms with Crippen LogP contribution in [0.4, 0.5) is 0 Å². The molecule has 5 nitrogen and oxygen atoms in total. The van der Waals surface area contributed by atoms with Crippen molar-refractivity contribution in [2.24, 2.45) is 0 Å². The van der Waals surface area contributed by atoms with Gasteiger partial charge in [-0.05, 0) is 24.6 Å². The SMILES string of the molecule is COc1ccccc1[C@@H](NC(=O)C[C@H](C)n1cccn1)c1ccccc1. The van der Waals surface area contributed by atoms with E-state index in [0.29, 0.717) is 6.42 Å². The Morgan fingerprint density at radius 2 is 1.85 bits per heavy atom. The molecule has 0 saturated heterocycles. The second-order valence-corrected chi connectivity index (χ2v) is 6.19. The monoisotopic (exact) mass is 349 g/mol. The van der Waals surface area contributed by atoms with Crippen LogP contribution in [0.3, 0.4) is 0 Å². The van der Waals surface area contributed by atoms with Crippen LogP contribution < -0.4 is 10.1 Å². The Bertz CT molecular complexity index is 831. The van der Waals surface area contributed by atoms with Crippen LogP contribution in [0.25, 0.3) is 0 Å². The third-order valence-corrected chi connectivity index (χ3v) is 4.35. The highest BCUT2D eigenvalue weighted by Crippen LogP contribution is 2.30. The van der Waals surface area contributed by atoms with E-state index in [-0.39, 0.29) is 18.0 Å². The van der Waals surface area contributed by atoms with Crippen LogP contribution in [-0.4, -0.2) is 22.8 Å². The fourth-order valence-corrected chi connectivity index (χ4v) is 3.01. The molecule has 0 saturated carbocycles. The number of methoxy groups -OCH3 is 1. The Hall–Kier alpha value is -3.08. The molecule has 0 aliphatic rings. The van der Waals surface area contributed by atoms with Gasteiger partial charge in [0.15, 0.2) is 0 Å². The lowest BCUT2D eigenvalue weighted by Gasteiger charge is -2.23. The molecule has 0 aliphatic heterocycles. The Kier molecular flexibility index (Phi) is 5.69. The highest BCUT2D eigenvalue weighted by molar-refractivity contribution is 5.77. The van der Waals surface area contributed by atoms with E-state index in [1.165, 1.54) is 0 Å². The second-order valence-electron chi connectivity index (χ2n) is 6.19. The van der Waals surface area contributed by atoms with E-state index in [1.807, 2.05) is 73.8 Å². The van der Waals surface area contributed by atoms with Gasteiger partial charge in [-0.25, -0.2) is 0 Å². The molecule has 2 atom stereocenters. The summed E-state index contributed by atoms with van der Waals surface area (Å²) in [6.07, 6.45) is 3.93. The highest BCUT2D eigenvalue weighted by Gasteiger charge is 2.21. The number of aromatic nitrogens is 2. The number of amides is 1. The molecule has 3 rings (SSSR count). The third kappa shape index (κ3) is 4.11. The molecule has 0 aliphatic carbocycles. The van der Waals surface area contributed by atoms with Gasteiger partial charge in [0.05, 0.1) is 19.2 Å². The number of nitrogens with zero attached hydrogens (tertiary/aromatic N) is 2. The number of rotatable bonds is 7. The first-order valence-electron chi connectivity index (χ1n) is 8.65. The predicted molar refractivity (Wildman–Crippen MR) is 101 cm³/mol. The molecule has 5 heteroatoms. The molecule has 134 valence electrons. The summed E-state index contributed by atoms with van der Waals surface area (Å²) in [6.45, 7) is 1.98. The first kappa shape index (κ1) is 17.7. The molecule has 1 N–H and O–H groups in total. The van der Waals surface area contributed by atoms with Gasteiger partial charge >= 0.3 is 0 Å². The topological polar surface area (TPSA) is 56.1 Å². The average Bonchev–Trinajstić information content (AvgIpc) is 3.22. The molecule has 0 radical (unpaired) electrons. The zero-order chi connectivity index (χ0) is 18.4. The summed E-state index contributed by atoms with van der Waals surface area (Å²) in [5.41, 5.74) is 1.94. The summed E-state index contributed by atoms with van der Waals surface area (Å²) >= 11 is 0. The van der Waals surface area contributed by atoms with Crippen molar-refractivity contribution >= 4 is 5.91 Å². The van der Waals surface area contributed by atoms with Crippen molar-refractivity contribution in [3.8, 4) is 5.75 Å². The molecule has 1 amide bonds. The van der Waals surface area contributed by atoms with Crippen LogP contribution >= 0.6 is 0 Å². The molecule has 0 bridgehead atoms. The average molecular weight is 349 g/mol. The van der Waals surface area contributed by atoms with E-state index < -0.39 is 0 Å². The number of carbonyl (C=O) groups is 1. The predicted octanol–water partition coefficient (Wildman–Crippen LogP) is 3.75. The van der Waals surface area contributed by atoms with Crippen molar-refractivity contribution in [2.75, 3.05) is 7.11 Å². The van der Waals surface area contributed by atoms with Crippen LogP contribution in [0.5, 0.6) is 5.75 Å². The van der Waals surface area contributed by atoms with E-state index >= 15 is 0 Å². The number of ether oxygens (including phenoxy) is 1. The molecular weight excluding hydrogens is 326 g/mol. The molecule has 1 aromatic heterocycles. The third-order valence-electron chi connectivity index (χ3n) is 4.35. The van der Waals surface area contributed by atoms with Gasteiger partial charge in [-0.3, -0.25) is 9.48 Å². The van der Waals surface area contributed by atoms with Crippen LogP contribution in [-0.2, 0) is 4.79 Å². The first-order valence-corrected chi connectivity index (χ1v) is 8.65. The summed E-state index contributed by atoms with van der Waals surface area (Å²) in [5, 5.41) is 7.37. The summed E-state index contributed by atoms with van der Waals surface area (Å²) in [4.78, 5) is 12.7. The van der Waals surface area contributed by atoms with Crippen LogP contribution in [0.2, 0.25) is 0 Å². The molecule has 26 heavy (non-hydrogen) atoms. The van der Waals surface area contributed by atoms with Gasteiger partial charge in [0.25, 0.3) is 0 Å². The molecule has 0 spiro atoms. The maximum atomic E-state index is 12.7. The van der Waals surface area contributed by atoms with Gasteiger partial charge in [-0.15, -0.1) is 0 Å². The van der Waals surface area contributed by atoms with Gasteiger partial charge in [-0.1, -0.05) is 48.5 Å². The Morgan fingerprint density at radius 1 is 1.12 bits per heavy atom. The number of para-hydroxylation sites is 1. The molecule has 0 unspecified atom stereocenters. The van der Waals surface area contributed by atoms with E-state index in [0.717, 1.165) is 16.9 Å². The van der Waals surface area contributed by atoms with E-state index in [4.69, 9.17) is 4.74 Å². The lowest BCUT2D eigenvalue weighted by Crippen LogP contribution is -2.31. The lowest BCUT2D eigenvalue weighted by molar-refractivity contribution is -0.122. The number of hydrogen-bond acceptors (Lipinski definition) is 3. The maximum absolute atomic E-state index is 12.7. The van der Waals surface area contributed by atoms with Gasteiger partial charge < -0.3 is 10.1 Å². The normalized spacial score (nSPS) is 13.0. The van der Waals surface area contributed by atoms with Gasteiger partial charge in [-0.2, -0.15) is 5.10 Å². The number of benzene rings is 2. The number of nitrogens with one attached hydrogen (secondary N) is 1. The van der Waals surface area contributed by atoms with Gasteiger partial charge in [0.1, 0.15) is 5.75 Å². The fraction of sp³-hybridized carbons (Fsp3) is 0.238. The summed E-state index contributed by atoms with van der Waals surface area (Å²) in [6, 6.07) is 19.2. The number of hydrogen-bond donors (Lipinski definition) is 1. The van der Waals surface area contributed by atoms with Crippen molar-refractivity contribution in [1.82, 2.24) is 15.1 Å². The minimum Gasteiger partial charge on any atom is -0.496 e. The highest BCUT2D eigenvalue weighted by atomic mass is 16.5. The largest absolute Gasteiger partial charge is 0.496 e. The summed E-state index contributed by atoms with van der Waals surface area (Å²) in [7, 11) is 1.64. The van der Waals surface area contributed by atoms with E-state index in [2.05, 4.69) is 10.4 Å². The molecule has 0 fully saturated rings. The smallest absolute Gasteiger partial charge is 0.222 e. The molecule has 3 aromatic rings. The first-order chi connectivity index (χ1) is 12.7. The van der Waals surface area contributed by atoms with Crippen LogP contribution in [0.1, 0.15) is 36.6 Å². The van der Waals surface area contributed by atoms with Gasteiger partial charge in [0.2, 0.25) is 5.91 Å². The zero-order valence-corrected chi connectivity index (χ0v) is 15.0. The zero-order valence-electron chi connectivity index (χ0n) is 15.0. The van der Waals surface area contributed by atoms with Crippen molar-refractivity contribution in [3.05, 3.63) is 84.2 Å². The minimum absolute atomic E-state index is 0.0147. The Labute approximate surface area is 153 Å². The molecule has 2 aromatic carbocycles. The van der Waals surface area contributed by atoms with E-state index in [1.54, 1.807) is 18.0 Å². The fourth-order valence-electron chi connectivity index (χ4n) is 3.01. The second kappa shape index (κ2) is 8.34. The minimum atomic E-state index is -0.273. The molecular formula is C21H23N3O2. The standard InChI is InChI=1S/C21H23N3O2/c1-16(24-14-8-13-22-24)15-20(25)23-21(17-9-4-3-5-10-17)18-11-6-7-12-19(18)26-2/h3-14,16,21H,15H2,1-2H3,(H,23,25)/t16-,21-/m0/s1. The van der Waals surface area contributed by atoms with Crippen LogP contribution in [0.15, 0.2) is 73.1 Å². The van der Waals surface area contributed by atoms with E-state index in [9.17, 15) is 4.79 Å². The Morgan fingerprint density at radius 3 is 2.54 bits per heavy atom. The maximum Gasteiger partial charge on any atom is 0.222 e. The summed E-state index contributed by atoms with van der Waals surface area (Å²) < 4.78 is 7.30.